The van der Waals surface area contributed by atoms with Crippen molar-refractivity contribution < 1.29 is 24.2 Å². The van der Waals surface area contributed by atoms with Crippen molar-refractivity contribution in [1.29, 1.82) is 0 Å². The van der Waals surface area contributed by atoms with E-state index in [0.717, 1.165) is 30.1 Å². The summed E-state index contributed by atoms with van der Waals surface area (Å²) in [7, 11) is 0. The summed E-state index contributed by atoms with van der Waals surface area (Å²) in [5, 5.41) is 14.9. The molecule has 9 nitrogen and oxygen atoms in total. The van der Waals surface area contributed by atoms with E-state index in [4.69, 9.17) is 14.6 Å². The molecule has 0 spiro atoms. The molecule has 2 rings (SSSR count). The van der Waals surface area contributed by atoms with Crippen LogP contribution >= 0.6 is 0 Å². The Balaban J connectivity index is 1.71. The van der Waals surface area contributed by atoms with Crippen LogP contribution < -0.4 is 15.6 Å². The lowest BCUT2D eigenvalue weighted by Gasteiger charge is -2.24. The van der Waals surface area contributed by atoms with E-state index in [1.165, 1.54) is 0 Å². The number of anilines is 1. The van der Waals surface area contributed by atoms with Crippen LogP contribution in [-0.4, -0.2) is 68.9 Å². The maximum atomic E-state index is 11.4. The van der Waals surface area contributed by atoms with Crippen LogP contribution in [-0.2, 0) is 14.3 Å². The van der Waals surface area contributed by atoms with E-state index < -0.39 is 6.09 Å². The van der Waals surface area contributed by atoms with E-state index >= 15 is 0 Å². The molecule has 160 valence electrons. The minimum Gasteiger partial charge on any atom is -0.465 e. The molecule has 1 aliphatic rings. The van der Waals surface area contributed by atoms with Gasteiger partial charge in [0.2, 0.25) is 5.91 Å². The number of hydrogen-bond donors (Lipinski definition) is 3. The quantitative estimate of drug-likeness (QED) is 0.455. The molecule has 29 heavy (non-hydrogen) atoms. The van der Waals surface area contributed by atoms with Crippen molar-refractivity contribution in [2.24, 2.45) is 11.0 Å². The largest absolute Gasteiger partial charge is 0.465 e. The fraction of sp³-hybridized carbons (Fsp3) is 0.550. The predicted molar refractivity (Wildman–Crippen MR) is 110 cm³/mol. The number of nitrogens with one attached hydrogen (secondary N) is 2. The fourth-order valence-corrected chi connectivity index (χ4v) is 3.04. The third kappa shape index (κ3) is 7.71. The van der Waals surface area contributed by atoms with Crippen molar-refractivity contribution in [2.75, 3.05) is 51.0 Å². The first-order chi connectivity index (χ1) is 14.0. The van der Waals surface area contributed by atoms with E-state index in [9.17, 15) is 9.59 Å². The summed E-state index contributed by atoms with van der Waals surface area (Å²) >= 11 is 0. The maximum absolute atomic E-state index is 11.4. The first kappa shape index (κ1) is 22.6. The van der Waals surface area contributed by atoms with Crippen molar-refractivity contribution in [2.45, 2.75) is 20.3 Å². The van der Waals surface area contributed by atoms with Crippen LogP contribution in [0.1, 0.15) is 25.8 Å². The minimum absolute atomic E-state index is 0.0441. The number of likely N-dealkylation sites (N-methyl/N-ethyl adjacent to an activating group) is 1. The second kappa shape index (κ2) is 12.0. The zero-order valence-electron chi connectivity index (χ0n) is 17.0. The van der Waals surface area contributed by atoms with Crippen molar-refractivity contribution in [1.82, 2.24) is 10.7 Å². The summed E-state index contributed by atoms with van der Waals surface area (Å²) in [6.07, 6.45) is -0.593. The lowest BCUT2D eigenvalue weighted by atomic mass is 9.94. The summed E-state index contributed by atoms with van der Waals surface area (Å²) in [5.74, 6) is 0.0600. The average Bonchev–Trinajstić information content (AvgIpc) is 2.70. The van der Waals surface area contributed by atoms with Crippen LogP contribution in [0.4, 0.5) is 10.5 Å². The second-order valence-corrected chi connectivity index (χ2v) is 6.72. The maximum Gasteiger partial charge on any atom is 0.404 e. The van der Waals surface area contributed by atoms with E-state index in [0.29, 0.717) is 32.8 Å². The number of hydrazone groups is 1. The molecule has 0 aromatic heterocycles. The van der Waals surface area contributed by atoms with E-state index in [-0.39, 0.29) is 18.4 Å². The topological polar surface area (TPSA) is 112 Å². The molecule has 1 heterocycles. The first-order valence-electron chi connectivity index (χ1n) is 9.85. The van der Waals surface area contributed by atoms with Gasteiger partial charge in [-0.05, 0) is 24.6 Å². The molecule has 2 amide bonds. The predicted octanol–water partition coefficient (Wildman–Crippen LogP) is 1.67. The third-order valence-corrected chi connectivity index (χ3v) is 4.57. The fourth-order valence-electron chi connectivity index (χ4n) is 3.04. The summed E-state index contributed by atoms with van der Waals surface area (Å²) in [5.41, 5.74) is 5.57. The van der Waals surface area contributed by atoms with Gasteiger partial charge in [-0.1, -0.05) is 19.1 Å². The Bertz CT molecular complexity index is 693. The van der Waals surface area contributed by atoms with Crippen molar-refractivity contribution in [3.05, 3.63) is 29.8 Å². The normalized spacial score (nSPS) is 16.1. The van der Waals surface area contributed by atoms with Gasteiger partial charge in [-0.3, -0.25) is 4.79 Å². The molecular weight excluding hydrogens is 376 g/mol. The number of benzene rings is 1. The highest BCUT2D eigenvalue weighted by atomic mass is 16.5. The van der Waals surface area contributed by atoms with Crippen molar-refractivity contribution in [3.8, 4) is 0 Å². The number of hydrogen-bond acceptors (Lipinski definition) is 6. The van der Waals surface area contributed by atoms with Gasteiger partial charge in [0.25, 0.3) is 0 Å². The van der Waals surface area contributed by atoms with E-state index in [1.807, 2.05) is 19.1 Å². The number of carbonyl (C=O) groups excluding carboxylic acids is 1. The molecule has 1 aliphatic heterocycles. The molecule has 0 saturated heterocycles. The van der Waals surface area contributed by atoms with E-state index in [2.05, 4.69) is 39.8 Å². The van der Waals surface area contributed by atoms with Crippen molar-refractivity contribution in [3.63, 3.8) is 0 Å². The second-order valence-electron chi connectivity index (χ2n) is 6.72. The lowest BCUT2D eigenvalue weighted by molar-refractivity contribution is -0.121. The molecule has 9 heteroatoms. The molecule has 3 N–H and O–H groups in total. The monoisotopic (exact) mass is 406 g/mol. The van der Waals surface area contributed by atoms with Gasteiger partial charge in [-0.15, -0.1) is 0 Å². The molecule has 0 bridgehead atoms. The molecule has 0 fully saturated rings. The van der Waals surface area contributed by atoms with Crippen LogP contribution in [0.3, 0.4) is 0 Å². The van der Waals surface area contributed by atoms with Crippen LogP contribution in [0.25, 0.3) is 0 Å². The molecule has 1 aromatic carbocycles. The number of rotatable bonds is 12. The Hall–Kier alpha value is -2.65. The van der Waals surface area contributed by atoms with Gasteiger partial charge >= 0.3 is 6.09 Å². The van der Waals surface area contributed by atoms with Gasteiger partial charge < -0.3 is 24.8 Å². The molecule has 0 radical (unpaired) electrons. The molecular formula is C20H30N4O5. The number of nitrogens with zero attached hydrogens (tertiary/aromatic N) is 2. The molecule has 1 atom stereocenters. The molecule has 1 aromatic rings. The van der Waals surface area contributed by atoms with Crippen LogP contribution in [0.15, 0.2) is 29.4 Å². The Labute approximate surface area is 171 Å². The Morgan fingerprint density at radius 2 is 1.93 bits per heavy atom. The summed E-state index contributed by atoms with van der Waals surface area (Å²) in [6.45, 7) is 7.78. The van der Waals surface area contributed by atoms with Gasteiger partial charge in [0.15, 0.2) is 0 Å². The van der Waals surface area contributed by atoms with Crippen LogP contribution in [0.2, 0.25) is 0 Å². The highest BCUT2D eigenvalue weighted by Crippen LogP contribution is 2.20. The number of ether oxygens (including phenoxy) is 2. The van der Waals surface area contributed by atoms with Crippen LogP contribution in [0, 0.1) is 5.92 Å². The number of amides is 2. The highest BCUT2D eigenvalue weighted by Gasteiger charge is 2.21. The standard InChI is InChI=1S/C20H30N4O5/c1-3-24(9-11-29-13-12-28-10-8-21-20(26)27)17-6-4-16(5-7-17)19-15(2)14-18(25)22-23-19/h4-7,15,21H,3,8-14H2,1-2H3,(H,22,25)(H,26,27)/t15-/m1/s1. The third-order valence-electron chi connectivity index (χ3n) is 4.57. The number of carboxylic acid groups (broad SMARTS) is 1. The Kier molecular flexibility index (Phi) is 9.39. The van der Waals surface area contributed by atoms with Gasteiger partial charge in [-0.2, -0.15) is 5.10 Å². The molecule has 0 saturated carbocycles. The zero-order valence-corrected chi connectivity index (χ0v) is 17.0. The Morgan fingerprint density at radius 3 is 2.55 bits per heavy atom. The highest BCUT2D eigenvalue weighted by molar-refractivity contribution is 6.05. The summed E-state index contributed by atoms with van der Waals surface area (Å²) in [6, 6.07) is 8.18. The lowest BCUT2D eigenvalue weighted by Crippen LogP contribution is -2.32. The Morgan fingerprint density at radius 1 is 1.24 bits per heavy atom. The van der Waals surface area contributed by atoms with Crippen LogP contribution in [0.5, 0.6) is 0 Å². The average molecular weight is 406 g/mol. The zero-order chi connectivity index (χ0) is 21.1. The van der Waals surface area contributed by atoms with Gasteiger partial charge in [-0.25, -0.2) is 10.2 Å². The van der Waals surface area contributed by atoms with Crippen molar-refractivity contribution >= 4 is 23.4 Å². The summed E-state index contributed by atoms with van der Waals surface area (Å²) in [4.78, 5) is 23.9. The SMILES string of the molecule is CCN(CCOCCOCCNC(=O)O)c1ccc(C2=NNC(=O)C[C@H]2C)cc1. The number of carbonyl (C=O) groups is 2. The smallest absolute Gasteiger partial charge is 0.404 e. The van der Waals surface area contributed by atoms with Gasteiger partial charge in [0.05, 0.1) is 32.1 Å². The molecule has 0 unspecified atom stereocenters. The minimum atomic E-state index is -1.05. The first-order valence-corrected chi connectivity index (χ1v) is 9.85. The summed E-state index contributed by atoms with van der Waals surface area (Å²) < 4.78 is 10.9. The van der Waals surface area contributed by atoms with Gasteiger partial charge in [0.1, 0.15) is 0 Å². The van der Waals surface area contributed by atoms with E-state index in [1.54, 1.807) is 0 Å². The van der Waals surface area contributed by atoms with Gasteiger partial charge in [0, 0.05) is 37.7 Å². The molecule has 0 aliphatic carbocycles.